The maximum atomic E-state index is 6.17. The van der Waals surface area contributed by atoms with E-state index in [0.29, 0.717) is 28.4 Å². The van der Waals surface area contributed by atoms with Gasteiger partial charge in [0.15, 0.2) is 10.2 Å². The van der Waals surface area contributed by atoms with Crippen LogP contribution in [0.1, 0.15) is 11.8 Å². The van der Waals surface area contributed by atoms with Gasteiger partial charge in [0.2, 0.25) is 0 Å². The van der Waals surface area contributed by atoms with Gasteiger partial charge < -0.3 is 10.1 Å². The highest BCUT2D eigenvalue weighted by atomic mass is 79.9. The zero-order chi connectivity index (χ0) is 13.8. The summed E-state index contributed by atoms with van der Waals surface area (Å²) in [6.45, 7) is 3.15. The van der Waals surface area contributed by atoms with Crippen LogP contribution in [0.3, 0.4) is 0 Å². The fourth-order valence-electron chi connectivity index (χ4n) is 1.50. The predicted molar refractivity (Wildman–Crippen MR) is 84.8 cm³/mol. The fourth-order valence-corrected chi connectivity index (χ4v) is 3.38. The van der Waals surface area contributed by atoms with Crippen LogP contribution < -0.4 is 10.1 Å². The number of benzene rings is 1. The van der Waals surface area contributed by atoms with Gasteiger partial charge in [-0.05, 0) is 35.0 Å². The van der Waals surface area contributed by atoms with E-state index in [1.165, 1.54) is 11.3 Å². The lowest BCUT2D eigenvalue weighted by Crippen LogP contribution is -1.99. The minimum Gasteiger partial charge on any atom is -0.491 e. The second-order valence-electron chi connectivity index (χ2n) is 3.64. The van der Waals surface area contributed by atoms with Crippen LogP contribution in [0.4, 0.5) is 5.69 Å². The summed E-state index contributed by atoms with van der Waals surface area (Å²) in [5.74, 6) is 0.663. The van der Waals surface area contributed by atoms with Gasteiger partial charge in [0.25, 0.3) is 0 Å². The van der Waals surface area contributed by atoms with Crippen LogP contribution in [0.2, 0.25) is 9.49 Å². The molecule has 3 nitrogen and oxygen atoms in total. The van der Waals surface area contributed by atoms with Crippen LogP contribution in [-0.2, 0) is 6.54 Å². The van der Waals surface area contributed by atoms with E-state index in [9.17, 15) is 0 Å². The van der Waals surface area contributed by atoms with Gasteiger partial charge in [-0.25, -0.2) is 4.98 Å². The molecule has 102 valence electrons. The van der Waals surface area contributed by atoms with Crippen LogP contribution in [0.5, 0.6) is 5.75 Å². The van der Waals surface area contributed by atoms with Crippen molar-refractivity contribution >= 4 is 56.2 Å². The highest BCUT2D eigenvalue weighted by Crippen LogP contribution is 2.36. The molecule has 0 fully saturated rings. The zero-order valence-electron chi connectivity index (χ0n) is 10.0. The maximum Gasteiger partial charge on any atom is 0.183 e. The molecule has 0 bridgehead atoms. The van der Waals surface area contributed by atoms with Crippen molar-refractivity contribution in [1.29, 1.82) is 0 Å². The van der Waals surface area contributed by atoms with Crippen LogP contribution in [0.25, 0.3) is 0 Å². The number of hydrogen-bond donors (Lipinski definition) is 1. The molecule has 19 heavy (non-hydrogen) atoms. The third-order valence-electron chi connectivity index (χ3n) is 2.28. The molecule has 0 amide bonds. The fraction of sp³-hybridized carbons (Fsp3) is 0.250. The topological polar surface area (TPSA) is 34.1 Å². The molecule has 0 atom stereocenters. The normalized spacial score (nSPS) is 10.5. The SMILES string of the molecule is CCOc1c(Cl)cc(NCc2cnc(Cl)s2)cc1Br. The van der Waals surface area contributed by atoms with Crippen molar-refractivity contribution in [2.24, 2.45) is 0 Å². The number of thiazole rings is 1. The number of nitrogens with zero attached hydrogens (tertiary/aromatic N) is 1. The first-order valence-corrected chi connectivity index (χ1v) is 7.92. The lowest BCUT2D eigenvalue weighted by atomic mass is 10.3. The molecule has 2 aromatic rings. The lowest BCUT2D eigenvalue weighted by Gasteiger charge is -2.11. The Bertz CT molecular complexity index is 554. The van der Waals surface area contributed by atoms with Gasteiger partial charge in [0, 0.05) is 16.8 Å². The van der Waals surface area contributed by atoms with E-state index in [1.54, 1.807) is 6.20 Å². The van der Waals surface area contributed by atoms with Crippen molar-refractivity contribution in [2.75, 3.05) is 11.9 Å². The van der Waals surface area contributed by atoms with Crippen LogP contribution in [0, 0.1) is 0 Å². The number of rotatable bonds is 5. The molecule has 0 saturated carbocycles. The van der Waals surface area contributed by atoms with Gasteiger partial charge in [0.1, 0.15) is 0 Å². The first kappa shape index (κ1) is 14.9. The molecule has 0 unspecified atom stereocenters. The van der Waals surface area contributed by atoms with E-state index in [1.807, 2.05) is 19.1 Å². The van der Waals surface area contributed by atoms with E-state index in [4.69, 9.17) is 27.9 Å². The number of anilines is 1. The highest BCUT2D eigenvalue weighted by Gasteiger charge is 2.09. The Kier molecular flexibility index (Phi) is 5.33. The maximum absolute atomic E-state index is 6.17. The Morgan fingerprint density at radius 3 is 2.79 bits per heavy atom. The summed E-state index contributed by atoms with van der Waals surface area (Å²) in [4.78, 5) is 5.05. The molecular weight excluding hydrogens is 371 g/mol. The lowest BCUT2D eigenvalue weighted by molar-refractivity contribution is 0.338. The van der Waals surface area contributed by atoms with Crippen LogP contribution in [-0.4, -0.2) is 11.6 Å². The number of hydrogen-bond acceptors (Lipinski definition) is 4. The molecule has 0 aliphatic heterocycles. The van der Waals surface area contributed by atoms with Crippen molar-refractivity contribution in [3.8, 4) is 5.75 Å². The molecule has 0 spiro atoms. The molecule has 0 aliphatic carbocycles. The summed E-state index contributed by atoms with van der Waals surface area (Å²) in [5, 5.41) is 3.84. The predicted octanol–water partition coefficient (Wildman–Crippen LogP) is 5.22. The third kappa shape index (κ3) is 3.99. The van der Waals surface area contributed by atoms with Crippen LogP contribution >= 0.6 is 50.5 Å². The molecule has 1 aromatic heterocycles. The van der Waals surface area contributed by atoms with Gasteiger partial charge >= 0.3 is 0 Å². The smallest absolute Gasteiger partial charge is 0.183 e. The largest absolute Gasteiger partial charge is 0.491 e. The van der Waals surface area contributed by atoms with Gasteiger partial charge in [-0.2, -0.15) is 0 Å². The standard InChI is InChI=1S/C12H11BrCl2N2OS/c1-2-18-11-9(13)3-7(4-10(11)14)16-5-8-6-17-12(15)19-8/h3-4,6,16H,2,5H2,1H3. The van der Waals surface area contributed by atoms with Gasteiger partial charge in [-0.3, -0.25) is 0 Å². The average Bonchev–Trinajstić information content (AvgIpc) is 2.77. The molecule has 1 heterocycles. The number of aromatic nitrogens is 1. The van der Waals surface area contributed by atoms with Crippen molar-refractivity contribution in [3.63, 3.8) is 0 Å². The molecular formula is C12H11BrCl2N2OS. The molecule has 0 aliphatic rings. The van der Waals surface area contributed by atoms with E-state index in [0.717, 1.165) is 15.0 Å². The monoisotopic (exact) mass is 380 g/mol. The molecule has 1 N–H and O–H groups in total. The zero-order valence-corrected chi connectivity index (χ0v) is 14.0. The molecule has 1 aromatic carbocycles. The highest BCUT2D eigenvalue weighted by molar-refractivity contribution is 9.10. The Balaban J connectivity index is 2.09. The second-order valence-corrected chi connectivity index (χ2v) is 6.59. The Morgan fingerprint density at radius 1 is 1.42 bits per heavy atom. The average molecular weight is 382 g/mol. The quantitative estimate of drug-likeness (QED) is 0.770. The summed E-state index contributed by atoms with van der Waals surface area (Å²) >= 11 is 16.9. The number of halogens is 3. The molecule has 0 saturated heterocycles. The van der Waals surface area contributed by atoms with E-state index < -0.39 is 0 Å². The molecule has 2 rings (SSSR count). The third-order valence-corrected chi connectivity index (χ3v) is 4.26. The van der Waals surface area contributed by atoms with E-state index >= 15 is 0 Å². The van der Waals surface area contributed by atoms with E-state index in [-0.39, 0.29) is 0 Å². The Labute approximate surface area is 134 Å². The van der Waals surface area contributed by atoms with Gasteiger partial charge in [0.05, 0.1) is 22.6 Å². The minimum atomic E-state index is 0.544. The first-order chi connectivity index (χ1) is 9.10. The van der Waals surface area contributed by atoms with Crippen molar-refractivity contribution in [3.05, 3.63) is 37.2 Å². The number of nitrogens with one attached hydrogen (secondary N) is 1. The van der Waals surface area contributed by atoms with Crippen molar-refractivity contribution in [2.45, 2.75) is 13.5 Å². The van der Waals surface area contributed by atoms with E-state index in [2.05, 4.69) is 26.2 Å². The summed E-state index contributed by atoms with van der Waals surface area (Å²) in [6.07, 6.45) is 1.76. The van der Waals surface area contributed by atoms with Crippen molar-refractivity contribution in [1.82, 2.24) is 4.98 Å². The van der Waals surface area contributed by atoms with Gasteiger partial charge in [-0.15, -0.1) is 11.3 Å². The summed E-state index contributed by atoms with van der Waals surface area (Å²) in [5.41, 5.74) is 0.907. The van der Waals surface area contributed by atoms with Crippen molar-refractivity contribution < 1.29 is 4.74 Å². The molecule has 0 radical (unpaired) electrons. The summed E-state index contributed by atoms with van der Waals surface area (Å²) in [6, 6.07) is 3.76. The van der Waals surface area contributed by atoms with Crippen LogP contribution in [0.15, 0.2) is 22.8 Å². The Morgan fingerprint density at radius 2 is 2.21 bits per heavy atom. The minimum absolute atomic E-state index is 0.544. The number of ether oxygens (including phenoxy) is 1. The second kappa shape index (κ2) is 6.79. The Hall–Kier alpha value is -0.490. The van der Waals surface area contributed by atoms with Gasteiger partial charge in [-0.1, -0.05) is 23.2 Å². The molecule has 7 heteroatoms. The summed E-state index contributed by atoms with van der Waals surface area (Å²) < 4.78 is 6.83. The first-order valence-electron chi connectivity index (χ1n) is 5.56. The summed E-state index contributed by atoms with van der Waals surface area (Å²) in [7, 11) is 0.